The minimum absolute atomic E-state index is 0.0947. The average molecular weight is 337 g/mol. The summed E-state index contributed by atoms with van der Waals surface area (Å²) in [4.78, 5) is 10.5. The zero-order valence-electron chi connectivity index (χ0n) is 14.6. The molecule has 0 aliphatic carbocycles. The lowest BCUT2D eigenvalue weighted by Gasteiger charge is -2.44. The molecule has 0 aromatic heterocycles. The maximum Gasteiger partial charge on any atom is 0.269 e. The van der Waals surface area contributed by atoms with Crippen LogP contribution in [-0.2, 0) is 10.3 Å². The van der Waals surface area contributed by atoms with Gasteiger partial charge in [0.25, 0.3) is 5.69 Å². The average Bonchev–Trinajstić information content (AvgIpc) is 2.62. The van der Waals surface area contributed by atoms with Crippen molar-refractivity contribution in [2.45, 2.75) is 38.4 Å². The first-order chi connectivity index (χ1) is 11.9. The van der Waals surface area contributed by atoms with Gasteiger partial charge in [-0.15, -0.1) is 0 Å². The fraction of sp³-hybridized carbons (Fsp3) is 0.333. The van der Waals surface area contributed by atoms with E-state index in [1.807, 2.05) is 25.1 Å². The van der Waals surface area contributed by atoms with Crippen LogP contribution in [0.2, 0.25) is 0 Å². The number of nitro groups is 1. The third-order valence-electron chi connectivity index (χ3n) is 5.13. The molecule has 0 amide bonds. The smallest absolute Gasteiger partial charge is 0.269 e. The number of rotatable bonds is 4. The molecule has 3 atom stereocenters. The Hall–Kier alpha value is -2.46. The Balaban J connectivity index is 1.94. The Morgan fingerprint density at radius 1 is 1.20 bits per heavy atom. The van der Waals surface area contributed by atoms with Crippen molar-refractivity contribution in [1.29, 1.82) is 0 Å². The second-order valence-electron chi connectivity index (χ2n) is 6.98. The highest BCUT2D eigenvalue weighted by Gasteiger charge is 2.40. The number of ether oxygens (including phenoxy) is 1. The maximum absolute atomic E-state index is 10.9. The Morgan fingerprint density at radius 3 is 2.40 bits per heavy atom. The van der Waals surface area contributed by atoms with Crippen LogP contribution in [0.25, 0.3) is 0 Å². The van der Waals surface area contributed by atoms with E-state index in [2.05, 4.69) is 25.6 Å². The van der Waals surface area contributed by atoms with Crippen LogP contribution in [-0.4, -0.2) is 4.92 Å². The summed E-state index contributed by atoms with van der Waals surface area (Å²) in [7, 11) is 0. The first-order valence-electron chi connectivity index (χ1n) is 8.54. The molecule has 3 unspecified atom stereocenters. The Bertz CT molecular complexity index is 769. The van der Waals surface area contributed by atoms with Crippen LogP contribution in [0.5, 0.6) is 0 Å². The first kappa shape index (κ1) is 17.4. The molecule has 3 rings (SSSR count). The molecule has 1 heterocycles. The van der Waals surface area contributed by atoms with Crippen molar-refractivity contribution in [3.8, 4) is 0 Å². The van der Waals surface area contributed by atoms with E-state index in [9.17, 15) is 10.1 Å². The highest BCUT2D eigenvalue weighted by molar-refractivity contribution is 5.35. The van der Waals surface area contributed by atoms with Gasteiger partial charge in [0.2, 0.25) is 0 Å². The summed E-state index contributed by atoms with van der Waals surface area (Å²) < 4.78 is 6.59. The van der Waals surface area contributed by atoms with Gasteiger partial charge < -0.3 is 4.74 Å². The van der Waals surface area contributed by atoms with Gasteiger partial charge in [0, 0.05) is 18.1 Å². The van der Waals surface area contributed by atoms with Crippen LogP contribution < -0.4 is 0 Å². The van der Waals surface area contributed by atoms with Gasteiger partial charge in [-0.2, -0.15) is 0 Å². The molecule has 1 aliphatic heterocycles. The third kappa shape index (κ3) is 3.49. The largest absolute Gasteiger partial charge is 0.362 e. The quantitative estimate of drug-likeness (QED) is 0.417. The number of benzene rings is 2. The van der Waals surface area contributed by atoms with E-state index in [1.54, 1.807) is 24.3 Å². The van der Waals surface area contributed by atoms with E-state index in [1.165, 1.54) is 0 Å². The molecule has 1 saturated heterocycles. The van der Waals surface area contributed by atoms with Crippen molar-refractivity contribution in [2.75, 3.05) is 0 Å². The molecule has 2 aromatic carbocycles. The molecule has 0 bridgehead atoms. The van der Waals surface area contributed by atoms with Gasteiger partial charge in [-0.3, -0.25) is 10.1 Å². The molecular weight excluding hydrogens is 314 g/mol. The highest BCUT2D eigenvalue weighted by Crippen LogP contribution is 2.48. The van der Waals surface area contributed by atoms with E-state index in [4.69, 9.17) is 4.74 Å². The molecule has 25 heavy (non-hydrogen) atoms. The highest BCUT2D eigenvalue weighted by atomic mass is 16.6. The minimum atomic E-state index is -0.379. The normalized spacial score (nSPS) is 26.2. The summed E-state index contributed by atoms with van der Waals surface area (Å²) in [6, 6.07) is 16.9. The molecule has 2 aromatic rings. The maximum atomic E-state index is 10.9. The van der Waals surface area contributed by atoms with Crippen molar-refractivity contribution in [2.24, 2.45) is 5.92 Å². The predicted octanol–water partition coefficient (Wildman–Crippen LogP) is 5.55. The van der Waals surface area contributed by atoms with Gasteiger partial charge in [0.1, 0.15) is 0 Å². The van der Waals surface area contributed by atoms with E-state index < -0.39 is 0 Å². The van der Waals surface area contributed by atoms with Crippen molar-refractivity contribution >= 4 is 5.69 Å². The molecule has 0 N–H and O–H groups in total. The monoisotopic (exact) mass is 337 g/mol. The third-order valence-corrected chi connectivity index (χ3v) is 5.13. The summed E-state index contributed by atoms with van der Waals surface area (Å²) in [6.07, 6.45) is 1.73. The molecule has 1 fully saturated rings. The lowest BCUT2D eigenvalue weighted by molar-refractivity contribution is -0.384. The minimum Gasteiger partial charge on any atom is -0.362 e. The lowest BCUT2D eigenvalue weighted by Crippen LogP contribution is -2.37. The lowest BCUT2D eigenvalue weighted by atomic mass is 9.77. The van der Waals surface area contributed by atoms with E-state index in [-0.39, 0.29) is 28.2 Å². The molecule has 1 aliphatic rings. The summed E-state index contributed by atoms with van der Waals surface area (Å²) in [5.74, 6) is 0.207. The first-order valence-corrected chi connectivity index (χ1v) is 8.54. The Labute approximate surface area is 148 Å². The zero-order valence-corrected chi connectivity index (χ0v) is 14.6. The van der Waals surface area contributed by atoms with Crippen LogP contribution in [0, 0.1) is 16.0 Å². The molecule has 0 spiro atoms. The predicted molar refractivity (Wildman–Crippen MR) is 98.3 cm³/mol. The number of nitrogens with zero attached hydrogens (tertiary/aromatic N) is 1. The van der Waals surface area contributed by atoms with E-state index in [0.717, 1.165) is 29.5 Å². The van der Waals surface area contributed by atoms with Crippen molar-refractivity contribution in [3.63, 3.8) is 0 Å². The molecule has 4 heteroatoms. The van der Waals surface area contributed by atoms with E-state index in [0.29, 0.717) is 0 Å². The number of nitro benzene ring substituents is 1. The van der Waals surface area contributed by atoms with Gasteiger partial charge in [-0.05, 0) is 49.9 Å². The number of hydrogen-bond acceptors (Lipinski definition) is 3. The van der Waals surface area contributed by atoms with Gasteiger partial charge in [0.15, 0.2) is 0 Å². The van der Waals surface area contributed by atoms with Gasteiger partial charge in [0.05, 0.1) is 16.6 Å². The van der Waals surface area contributed by atoms with Crippen molar-refractivity contribution in [1.82, 2.24) is 0 Å². The van der Waals surface area contributed by atoms with Crippen LogP contribution in [0.3, 0.4) is 0 Å². The molecule has 4 nitrogen and oxygen atoms in total. The molecule has 0 saturated carbocycles. The fourth-order valence-electron chi connectivity index (χ4n) is 3.60. The SMILES string of the molecule is C=C(C)C1CCC(C)(c2ccccc2)OC1c1ccc([N+](=O)[O-])cc1. The van der Waals surface area contributed by atoms with Crippen LogP contribution in [0.15, 0.2) is 66.7 Å². The summed E-state index contributed by atoms with van der Waals surface area (Å²) in [5.41, 5.74) is 2.91. The summed E-state index contributed by atoms with van der Waals surface area (Å²) in [5, 5.41) is 10.9. The number of hydrogen-bond donors (Lipinski definition) is 0. The van der Waals surface area contributed by atoms with Gasteiger partial charge >= 0.3 is 0 Å². The van der Waals surface area contributed by atoms with Crippen LogP contribution >= 0.6 is 0 Å². The topological polar surface area (TPSA) is 52.4 Å². The van der Waals surface area contributed by atoms with Crippen LogP contribution in [0.1, 0.15) is 43.9 Å². The second-order valence-corrected chi connectivity index (χ2v) is 6.98. The van der Waals surface area contributed by atoms with Gasteiger partial charge in [-0.25, -0.2) is 0 Å². The standard InChI is InChI=1S/C21H23NO3/c1-15(2)19-13-14-21(3,17-7-5-4-6-8-17)25-20(19)16-9-11-18(12-10-16)22(23)24/h4-12,19-20H,1,13-14H2,2-3H3. The zero-order chi connectivity index (χ0) is 18.0. The van der Waals surface area contributed by atoms with Crippen molar-refractivity contribution < 1.29 is 9.66 Å². The molecule has 130 valence electrons. The Morgan fingerprint density at radius 2 is 1.84 bits per heavy atom. The second kappa shape index (κ2) is 6.81. The number of non-ortho nitro benzene ring substituents is 1. The van der Waals surface area contributed by atoms with Crippen LogP contribution in [0.4, 0.5) is 5.69 Å². The van der Waals surface area contributed by atoms with E-state index >= 15 is 0 Å². The Kier molecular flexibility index (Phi) is 4.73. The summed E-state index contributed by atoms with van der Waals surface area (Å²) >= 11 is 0. The summed E-state index contributed by atoms with van der Waals surface area (Å²) in [6.45, 7) is 8.28. The van der Waals surface area contributed by atoms with Gasteiger partial charge in [-0.1, -0.05) is 42.5 Å². The van der Waals surface area contributed by atoms with Crippen molar-refractivity contribution in [3.05, 3.63) is 88.0 Å². The molecular formula is C21H23NO3. The fourth-order valence-corrected chi connectivity index (χ4v) is 3.60. The molecule has 0 radical (unpaired) electrons.